The second-order valence-electron chi connectivity index (χ2n) is 9.25. The average molecular weight is 419 g/mol. The van der Waals surface area contributed by atoms with E-state index in [2.05, 4.69) is 36.3 Å². The number of aromatic nitrogens is 3. The molecule has 1 N–H and O–H groups in total. The number of rotatable bonds is 4. The highest BCUT2D eigenvalue weighted by Crippen LogP contribution is 2.66. The van der Waals surface area contributed by atoms with Crippen LogP contribution in [-0.4, -0.2) is 26.3 Å². The monoisotopic (exact) mass is 418 g/mol. The maximum Gasteiger partial charge on any atom is 0.237 e. The lowest BCUT2D eigenvalue weighted by Gasteiger charge is -2.34. The third kappa shape index (κ3) is 2.77. The number of amides is 1. The smallest absolute Gasteiger partial charge is 0.237 e. The van der Waals surface area contributed by atoms with Crippen LogP contribution in [0.4, 0.5) is 5.69 Å². The summed E-state index contributed by atoms with van der Waals surface area (Å²) in [6, 6.07) is 14.0. The fourth-order valence-corrected chi connectivity index (χ4v) is 5.91. The number of carbonyl (C=O) groups excluding carboxylic acids is 1. The highest BCUT2D eigenvalue weighted by Gasteiger charge is 2.61. The molecule has 5 nitrogen and oxygen atoms in total. The van der Waals surface area contributed by atoms with Gasteiger partial charge in [0.2, 0.25) is 11.1 Å². The van der Waals surface area contributed by atoms with Gasteiger partial charge in [0.25, 0.3) is 0 Å². The molecule has 2 aliphatic carbocycles. The minimum atomic E-state index is -0.330. The zero-order chi connectivity index (χ0) is 21.1. The molecule has 5 rings (SSSR count). The Morgan fingerprint density at radius 1 is 1.13 bits per heavy atom. The Labute approximate surface area is 181 Å². The van der Waals surface area contributed by atoms with Crippen molar-refractivity contribution in [3.63, 3.8) is 0 Å². The summed E-state index contributed by atoms with van der Waals surface area (Å²) >= 11 is 1.37. The van der Waals surface area contributed by atoms with E-state index in [-0.39, 0.29) is 22.0 Å². The van der Waals surface area contributed by atoms with Gasteiger partial charge in [0.05, 0.1) is 16.6 Å². The van der Waals surface area contributed by atoms with Crippen LogP contribution in [0.2, 0.25) is 0 Å². The van der Waals surface area contributed by atoms with Crippen LogP contribution in [0.1, 0.15) is 57.8 Å². The predicted molar refractivity (Wildman–Crippen MR) is 121 cm³/mol. The molecule has 1 aromatic heterocycles. The van der Waals surface area contributed by atoms with E-state index >= 15 is 0 Å². The van der Waals surface area contributed by atoms with Gasteiger partial charge in [-0.1, -0.05) is 68.9 Å². The number of hydrogen-bond acceptors (Lipinski definition) is 5. The minimum Gasteiger partial charge on any atom is -0.325 e. The third-order valence-corrected chi connectivity index (χ3v) is 8.42. The molecule has 6 heteroatoms. The van der Waals surface area contributed by atoms with Crippen molar-refractivity contribution in [2.75, 3.05) is 5.32 Å². The Hall–Kier alpha value is -2.47. The molecular formula is C24H26N4OS. The number of anilines is 1. The molecule has 0 saturated heterocycles. The minimum absolute atomic E-state index is 0.0344. The zero-order valence-electron chi connectivity index (χ0n) is 17.8. The van der Waals surface area contributed by atoms with Crippen molar-refractivity contribution >= 4 is 34.1 Å². The molecule has 30 heavy (non-hydrogen) atoms. The summed E-state index contributed by atoms with van der Waals surface area (Å²) in [7, 11) is 0. The molecule has 2 bridgehead atoms. The summed E-state index contributed by atoms with van der Waals surface area (Å²) in [5.41, 5.74) is 3.16. The topological polar surface area (TPSA) is 67.8 Å². The molecule has 3 aromatic rings. The summed E-state index contributed by atoms with van der Waals surface area (Å²) in [5, 5.41) is 14.4. The molecule has 0 aliphatic heterocycles. The Bertz CT molecular complexity index is 1160. The number of nitrogens with zero attached hydrogens (tertiary/aromatic N) is 3. The third-order valence-electron chi connectivity index (χ3n) is 7.47. The Morgan fingerprint density at radius 2 is 1.90 bits per heavy atom. The number of thioether (sulfide) groups is 1. The van der Waals surface area contributed by atoms with Gasteiger partial charge in [-0.05, 0) is 36.6 Å². The van der Waals surface area contributed by atoms with E-state index < -0.39 is 0 Å². The molecule has 2 aliphatic rings. The van der Waals surface area contributed by atoms with Crippen molar-refractivity contribution in [1.82, 2.24) is 15.2 Å². The summed E-state index contributed by atoms with van der Waals surface area (Å²) in [5.74, 6) is 0.372. The first kappa shape index (κ1) is 19.5. The van der Waals surface area contributed by atoms with Gasteiger partial charge in [-0.2, -0.15) is 5.10 Å². The fraction of sp³-hybridized carbons (Fsp3) is 0.417. The summed E-state index contributed by atoms with van der Waals surface area (Å²) < 4.78 is 0. The van der Waals surface area contributed by atoms with Gasteiger partial charge in [0.1, 0.15) is 0 Å². The van der Waals surface area contributed by atoms with Crippen LogP contribution in [-0.2, 0) is 10.2 Å². The zero-order valence-corrected chi connectivity index (χ0v) is 18.6. The van der Waals surface area contributed by atoms with Crippen molar-refractivity contribution in [3.05, 3.63) is 53.9 Å². The number of benzene rings is 2. The standard InChI is InChI=1S/C24H26N4OS/c1-14(21(29)25-18-11-7-9-15-8-5-6-10-16(15)18)30-22-26-20-19(27-28-22)17-12-13-24(20,4)23(17,2)3/h5-11,14,17H,12-13H2,1-4H3,(H,25,29)/t14-,17+,24-/m0/s1. The van der Waals surface area contributed by atoms with Crippen LogP contribution in [0, 0.1) is 5.41 Å². The highest BCUT2D eigenvalue weighted by atomic mass is 32.2. The van der Waals surface area contributed by atoms with Crippen LogP contribution in [0.15, 0.2) is 47.6 Å². The molecule has 0 spiro atoms. The molecule has 1 fully saturated rings. The fourth-order valence-electron chi connectivity index (χ4n) is 5.19. The van der Waals surface area contributed by atoms with Crippen LogP contribution in [0.3, 0.4) is 0 Å². The Balaban J connectivity index is 1.35. The van der Waals surface area contributed by atoms with E-state index in [1.807, 2.05) is 49.4 Å². The molecule has 0 radical (unpaired) electrons. The highest BCUT2D eigenvalue weighted by molar-refractivity contribution is 8.00. The van der Waals surface area contributed by atoms with Gasteiger partial charge in [0, 0.05) is 22.4 Å². The number of nitrogens with one attached hydrogen (secondary N) is 1. The van der Waals surface area contributed by atoms with Gasteiger partial charge in [-0.25, -0.2) is 4.98 Å². The van der Waals surface area contributed by atoms with Crippen LogP contribution in [0.5, 0.6) is 0 Å². The Kier molecular flexibility index (Phi) is 4.40. The van der Waals surface area contributed by atoms with Crippen LogP contribution < -0.4 is 5.32 Å². The maximum absolute atomic E-state index is 12.9. The van der Waals surface area contributed by atoms with E-state index in [0.717, 1.165) is 40.7 Å². The quantitative estimate of drug-likeness (QED) is 0.581. The first-order valence-electron chi connectivity index (χ1n) is 10.5. The maximum atomic E-state index is 12.9. The molecule has 0 unspecified atom stereocenters. The number of hydrogen-bond donors (Lipinski definition) is 1. The van der Waals surface area contributed by atoms with Crippen LogP contribution in [0.25, 0.3) is 10.8 Å². The summed E-state index contributed by atoms with van der Waals surface area (Å²) in [4.78, 5) is 17.8. The lowest BCUT2D eigenvalue weighted by Crippen LogP contribution is -2.32. The van der Waals surface area contributed by atoms with Gasteiger partial charge in [-0.15, -0.1) is 5.10 Å². The Morgan fingerprint density at radius 3 is 2.73 bits per heavy atom. The van der Waals surface area contributed by atoms with Crippen LogP contribution >= 0.6 is 11.8 Å². The first-order chi connectivity index (χ1) is 14.3. The van der Waals surface area contributed by atoms with Crippen molar-refractivity contribution in [2.24, 2.45) is 5.41 Å². The number of carbonyl (C=O) groups is 1. The van der Waals surface area contributed by atoms with Gasteiger partial charge < -0.3 is 5.32 Å². The largest absolute Gasteiger partial charge is 0.325 e. The molecule has 2 aromatic carbocycles. The first-order valence-corrected chi connectivity index (χ1v) is 11.4. The van der Waals surface area contributed by atoms with E-state index in [1.165, 1.54) is 11.8 Å². The predicted octanol–water partition coefficient (Wildman–Crippen LogP) is 5.32. The van der Waals surface area contributed by atoms with Crippen molar-refractivity contribution in [1.29, 1.82) is 0 Å². The van der Waals surface area contributed by atoms with E-state index in [1.54, 1.807) is 0 Å². The number of fused-ring (bicyclic) bond motifs is 6. The molecule has 1 heterocycles. The molecule has 1 amide bonds. The average Bonchev–Trinajstić information content (AvgIpc) is 3.06. The van der Waals surface area contributed by atoms with E-state index in [0.29, 0.717) is 11.1 Å². The molecular weight excluding hydrogens is 392 g/mol. The van der Waals surface area contributed by atoms with Gasteiger partial charge >= 0.3 is 0 Å². The second kappa shape index (κ2) is 6.77. The van der Waals surface area contributed by atoms with Crippen molar-refractivity contribution in [3.8, 4) is 0 Å². The van der Waals surface area contributed by atoms with E-state index in [4.69, 9.17) is 4.98 Å². The molecule has 154 valence electrons. The lowest BCUT2D eigenvalue weighted by molar-refractivity contribution is -0.115. The van der Waals surface area contributed by atoms with Gasteiger partial charge in [-0.3, -0.25) is 4.79 Å². The van der Waals surface area contributed by atoms with Gasteiger partial charge in [0.15, 0.2) is 0 Å². The second-order valence-corrected chi connectivity index (χ2v) is 10.6. The SMILES string of the molecule is C[C@H](Sc1nnc2c(n1)[C@]1(C)CC[C@H]2C1(C)C)C(=O)Nc1cccc2ccccc12. The molecule has 1 saturated carbocycles. The lowest BCUT2D eigenvalue weighted by atomic mass is 9.70. The summed E-state index contributed by atoms with van der Waals surface area (Å²) in [6.07, 6.45) is 2.29. The van der Waals surface area contributed by atoms with Crippen molar-refractivity contribution < 1.29 is 4.79 Å². The summed E-state index contributed by atoms with van der Waals surface area (Å²) in [6.45, 7) is 8.83. The molecule has 3 atom stereocenters. The van der Waals surface area contributed by atoms with Crippen molar-refractivity contribution in [2.45, 2.75) is 62.3 Å². The normalized spacial score (nSPS) is 24.6. The van der Waals surface area contributed by atoms with E-state index in [9.17, 15) is 4.79 Å².